The molecule has 0 radical (unpaired) electrons. The van der Waals surface area contributed by atoms with Crippen LogP contribution in [0.15, 0.2) is 24.4 Å². The number of hydrogen-bond acceptors (Lipinski definition) is 5. The predicted octanol–water partition coefficient (Wildman–Crippen LogP) is 1.09. The van der Waals surface area contributed by atoms with Gasteiger partial charge in [-0.05, 0) is 30.5 Å². The van der Waals surface area contributed by atoms with E-state index in [2.05, 4.69) is 10.3 Å². The fraction of sp³-hybridized carbons (Fsp3) is 0.400. The summed E-state index contributed by atoms with van der Waals surface area (Å²) in [5.74, 6) is -1.42. The van der Waals surface area contributed by atoms with E-state index < -0.39 is 17.4 Å². The van der Waals surface area contributed by atoms with Gasteiger partial charge in [0.05, 0.1) is 5.69 Å². The zero-order valence-corrected chi connectivity index (χ0v) is 12.1. The Bertz CT molecular complexity index is 563. The number of pyridine rings is 1. The van der Waals surface area contributed by atoms with E-state index in [9.17, 15) is 14.7 Å². The maximum Gasteiger partial charge on any atom is 0.323 e. The second kappa shape index (κ2) is 7.15. The van der Waals surface area contributed by atoms with Crippen LogP contribution in [-0.4, -0.2) is 32.7 Å². The molecule has 0 atom stereocenters. The molecule has 1 heterocycles. The van der Waals surface area contributed by atoms with Gasteiger partial charge in [-0.25, -0.2) is 5.48 Å². The van der Waals surface area contributed by atoms with Gasteiger partial charge in [0, 0.05) is 18.8 Å². The van der Waals surface area contributed by atoms with E-state index in [0.29, 0.717) is 24.9 Å². The van der Waals surface area contributed by atoms with Crippen molar-refractivity contribution in [2.75, 3.05) is 0 Å². The summed E-state index contributed by atoms with van der Waals surface area (Å²) in [4.78, 5) is 26.5. The van der Waals surface area contributed by atoms with Crippen LogP contribution in [0, 0.1) is 0 Å². The molecular weight excluding hydrogens is 286 g/mol. The van der Waals surface area contributed by atoms with E-state index >= 15 is 0 Å². The average Bonchev–Trinajstić information content (AvgIpc) is 3.02. The van der Waals surface area contributed by atoms with Crippen molar-refractivity contribution in [2.45, 2.75) is 37.8 Å². The number of rotatable bonds is 6. The minimum absolute atomic E-state index is 0.382. The summed E-state index contributed by atoms with van der Waals surface area (Å²) >= 11 is 0. The molecule has 0 unspecified atom stereocenters. The molecule has 1 aliphatic carbocycles. The summed E-state index contributed by atoms with van der Waals surface area (Å²) < 4.78 is 0. The molecule has 0 saturated heterocycles. The lowest BCUT2D eigenvalue weighted by atomic mass is 9.98. The standard InChI is InChI=1S/C15H19N3O4/c19-13(18-22)6-4-11-3-5-12(16-9-11)10-17-15(14(20)21)7-1-2-8-15/h3-6,9,17,22H,1-2,7-8,10H2,(H,18,19)(H,20,21)/b6-4+. The van der Waals surface area contributed by atoms with Crippen LogP contribution < -0.4 is 10.8 Å². The van der Waals surface area contributed by atoms with Gasteiger partial charge < -0.3 is 5.11 Å². The maximum absolute atomic E-state index is 11.4. The third kappa shape index (κ3) is 3.90. The summed E-state index contributed by atoms with van der Waals surface area (Å²) in [6, 6.07) is 3.54. The summed E-state index contributed by atoms with van der Waals surface area (Å²) in [7, 11) is 0. The fourth-order valence-corrected chi connectivity index (χ4v) is 2.55. The molecule has 1 aromatic rings. The van der Waals surface area contributed by atoms with Gasteiger partial charge in [0.25, 0.3) is 5.91 Å². The van der Waals surface area contributed by atoms with Crippen molar-refractivity contribution in [2.24, 2.45) is 0 Å². The number of carboxylic acid groups (broad SMARTS) is 1. The highest BCUT2D eigenvalue weighted by atomic mass is 16.5. The number of carboxylic acids is 1. The van der Waals surface area contributed by atoms with E-state index in [1.807, 2.05) is 0 Å². The van der Waals surface area contributed by atoms with Gasteiger partial charge in [0.2, 0.25) is 0 Å². The lowest BCUT2D eigenvalue weighted by molar-refractivity contribution is -0.144. The molecule has 0 aromatic carbocycles. The number of carbonyl (C=O) groups excluding carboxylic acids is 1. The molecule has 1 aliphatic rings. The third-order valence-corrected chi connectivity index (χ3v) is 3.86. The first kappa shape index (κ1) is 16.1. The van der Waals surface area contributed by atoms with Crippen molar-refractivity contribution in [3.05, 3.63) is 35.7 Å². The normalized spacial score (nSPS) is 16.8. The quantitative estimate of drug-likeness (QED) is 0.355. The molecule has 7 nitrogen and oxygen atoms in total. The number of amides is 1. The highest BCUT2D eigenvalue weighted by Crippen LogP contribution is 2.30. The van der Waals surface area contributed by atoms with E-state index in [1.54, 1.807) is 18.3 Å². The Morgan fingerprint density at radius 2 is 2.05 bits per heavy atom. The van der Waals surface area contributed by atoms with Crippen molar-refractivity contribution < 1.29 is 19.9 Å². The highest BCUT2D eigenvalue weighted by molar-refractivity contribution is 5.90. The predicted molar refractivity (Wildman–Crippen MR) is 78.9 cm³/mol. The van der Waals surface area contributed by atoms with E-state index in [0.717, 1.165) is 18.5 Å². The first-order chi connectivity index (χ1) is 10.6. The maximum atomic E-state index is 11.4. The van der Waals surface area contributed by atoms with Gasteiger partial charge >= 0.3 is 5.97 Å². The van der Waals surface area contributed by atoms with Gasteiger partial charge in [0.15, 0.2) is 0 Å². The Kier molecular flexibility index (Phi) is 5.24. The number of nitrogens with one attached hydrogen (secondary N) is 2. The average molecular weight is 305 g/mol. The van der Waals surface area contributed by atoms with Crippen LogP contribution in [-0.2, 0) is 16.1 Å². The lowest BCUT2D eigenvalue weighted by Gasteiger charge is -2.25. The van der Waals surface area contributed by atoms with Crippen LogP contribution in [0.25, 0.3) is 6.08 Å². The smallest absolute Gasteiger partial charge is 0.323 e. The van der Waals surface area contributed by atoms with Gasteiger partial charge in [-0.15, -0.1) is 0 Å². The Balaban J connectivity index is 1.95. The summed E-state index contributed by atoms with van der Waals surface area (Å²) in [6.45, 7) is 0.382. The minimum atomic E-state index is -0.834. The molecule has 1 aromatic heterocycles. The molecule has 1 saturated carbocycles. The summed E-state index contributed by atoms with van der Waals surface area (Å²) in [5.41, 5.74) is 2.11. The molecule has 22 heavy (non-hydrogen) atoms. The van der Waals surface area contributed by atoms with Crippen molar-refractivity contribution in [3.8, 4) is 0 Å². The first-order valence-corrected chi connectivity index (χ1v) is 7.11. The Labute approximate surface area is 128 Å². The van der Waals surface area contributed by atoms with Crippen LogP contribution in [0.5, 0.6) is 0 Å². The first-order valence-electron chi connectivity index (χ1n) is 7.11. The van der Waals surface area contributed by atoms with Crippen molar-refractivity contribution in [1.82, 2.24) is 15.8 Å². The van der Waals surface area contributed by atoms with E-state index in [1.165, 1.54) is 17.6 Å². The second-order valence-corrected chi connectivity index (χ2v) is 5.34. The fourth-order valence-electron chi connectivity index (χ4n) is 2.55. The van der Waals surface area contributed by atoms with Gasteiger partial charge in [-0.1, -0.05) is 18.9 Å². The van der Waals surface area contributed by atoms with Crippen LogP contribution >= 0.6 is 0 Å². The number of hydroxylamine groups is 1. The summed E-state index contributed by atoms with van der Waals surface area (Å²) in [6.07, 6.45) is 7.41. The number of aliphatic carboxylic acids is 1. The molecule has 0 aliphatic heterocycles. The molecule has 1 fully saturated rings. The van der Waals surface area contributed by atoms with Crippen molar-refractivity contribution in [1.29, 1.82) is 0 Å². The lowest BCUT2D eigenvalue weighted by Crippen LogP contribution is -2.49. The molecule has 0 bridgehead atoms. The van der Waals surface area contributed by atoms with Gasteiger partial charge in [0.1, 0.15) is 5.54 Å². The van der Waals surface area contributed by atoms with Gasteiger partial charge in [-0.3, -0.25) is 25.1 Å². The Morgan fingerprint density at radius 3 is 2.59 bits per heavy atom. The molecule has 118 valence electrons. The zero-order valence-electron chi connectivity index (χ0n) is 12.1. The molecule has 2 rings (SSSR count). The topological polar surface area (TPSA) is 112 Å². The van der Waals surface area contributed by atoms with Crippen LogP contribution in [0.1, 0.15) is 36.9 Å². The SMILES string of the molecule is O=C(/C=C/c1ccc(CNC2(C(=O)O)CCCC2)nc1)NO. The number of aromatic nitrogens is 1. The Morgan fingerprint density at radius 1 is 1.32 bits per heavy atom. The van der Waals surface area contributed by atoms with Crippen LogP contribution in [0.4, 0.5) is 0 Å². The molecular formula is C15H19N3O4. The monoisotopic (exact) mass is 305 g/mol. The van der Waals surface area contributed by atoms with E-state index in [-0.39, 0.29) is 0 Å². The second-order valence-electron chi connectivity index (χ2n) is 5.34. The number of nitrogens with zero attached hydrogens (tertiary/aromatic N) is 1. The number of hydrogen-bond donors (Lipinski definition) is 4. The van der Waals surface area contributed by atoms with Crippen LogP contribution in [0.3, 0.4) is 0 Å². The van der Waals surface area contributed by atoms with Crippen LogP contribution in [0.2, 0.25) is 0 Å². The van der Waals surface area contributed by atoms with E-state index in [4.69, 9.17) is 5.21 Å². The highest BCUT2D eigenvalue weighted by Gasteiger charge is 2.40. The van der Waals surface area contributed by atoms with Crippen molar-refractivity contribution in [3.63, 3.8) is 0 Å². The minimum Gasteiger partial charge on any atom is -0.480 e. The molecule has 0 spiro atoms. The zero-order chi connectivity index (χ0) is 16.0. The van der Waals surface area contributed by atoms with Crippen molar-refractivity contribution >= 4 is 18.0 Å². The molecule has 4 N–H and O–H groups in total. The van der Waals surface area contributed by atoms with Gasteiger partial charge in [-0.2, -0.15) is 0 Å². The Hall–Kier alpha value is -2.25. The molecule has 7 heteroatoms. The number of carbonyl (C=O) groups is 2. The largest absolute Gasteiger partial charge is 0.480 e. The molecule has 1 amide bonds. The summed E-state index contributed by atoms with van der Waals surface area (Å²) in [5, 5.41) is 20.9. The third-order valence-electron chi connectivity index (χ3n) is 3.86.